The minimum absolute atomic E-state index is 0.216. The monoisotopic (exact) mass is 555 g/mol. The number of hydrogen-bond donors (Lipinski definition) is 1. The maximum atomic E-state index is 12.4. The molecule has 0 amide bonds. The Morgan fingerprint density at radius 2 is 1.61 bits per heavy atom. The first kappa shape index (κ1) is 28.0. The SMILES string of the molecule is CC(C)[Si]1(C(C)C)OC[C@@H]2O[C@@H](n3nc([S+](C)[O-])c4c(N)ncnc43)C[C@@H]2O[Si](C(C)C)(C(C)C)O1. The van der Waals surface area contributed by atoms with Crippen LogP contribution in [0.1, 0.15) is 68.0 Å². The Hall–Kier alpha value is -1.07. The highest BCUT2D eigenvalue weighted by Gasteiger charge is 2.60. The number of nitrogens with zero attached hydrogens (tertiary/aromatic N) is 4. The van der Waals surface area contributed by atoms with Crippen molar-refractivity contribution in [3.63, 3.8) is 0 Å². The largest absolute Gasteiger partial charge is 0.610 e. The zero-order valence-corrected chi connectivity index (χ0v) is 25.7. The van der Waals surface area contributed by atoms with E-state index in [1.54, 1.807) is 10.9 Å². The number of nitrogen functional groups attached to an aromatic ring is 1. The molecule has 2 aromatic heterocycles. The number of ether oxygens (including phenoxy) is 1. The molecule has 4 heterocycles. The summed E-state index contributed by atoms with van der Waals surface area (Å²) in [4.78, 5) is 8.49. The average molecular weight is 556 g/mol. The van der Waals surface area contributed by atoms with Crippen molar-refractivity contribution in [2.45, 2.75) is 107 Å². The number of hydrogen-bond acceptors (Lipinski definition) is 9. The minimum atomic E-state index is -2.74. The topological polar surface area (TPSA) is 130 Å². The fraction of sp³-hybridized carbons (Fsp3) is 0.783. The summed E-state index contributed by atoms with van der Waals surface area (Å²) in [6, 6.07) is 0. The van der Waals surface area contributed by atoms with Crippen molar-refractivity contribution in [1.82, 2.24) is 19.7 Å². The molecule has 0 radical (unpaired) electrons. The summed E-state index contributed by atoms with van der Waals surface area (Å²) in [7, 11) is -5.39. The van der Waals surface area contributed by atoms with Gasteiger partial charge >= 0.3 is 17.1 Å². The Morgan fingerprint density at radius 1 is 1.00 bits per heavy atom. The summed E-state index contributed by atoms with van der Waals surface area (Å²) >= 11 is -1.36. The van der Waals surface area contributed by atoms with Crippen LogP contribution in [-0.4, -0.2) is 66.5 Å². The summed E-state index contributed by atoms with van der Waals surface area (Å²) in [5.74, 6) is 0.254. The third-order valence-corrected chi connectivity index (χ3v) is 18.7. The van der Waals surface area contributed by atoms with Gasteiger partial charge in [-0.05, 0) is 22.2 Å². The van der Waals surface area contributed by atoms with Gasteiger partial charge in [0, 0.05) is 17.6 Å². The van der Waals surface area contributed by atoms with Gasteiger partial charge in [-0.3, -0.25) is 0 Å². The third-order valence-electron chi connectivity index (χ3n) is 7.56. The first-order valence-electron chi connectivity index (χ1n) is 12.8. The van der Waals surface area contributed by atoms with Gasteiger partial charge in [-0.15, -0.1) is 5.10 Å². The number of aromatic nitrogens is 4. The molecule has 202 valence electrons. The highest BCUT2D eigenvalue weighted by atomic mass is 32.2. The van der Waals surface area contributed by atoms with E-state index in [2.05, 4.69) is 70.5 Å². The van der Waals surface area contributed by atoms with E-state index in [0.717, 1.165) is 0 Å². The van der Waals surface area contributed by atoms with E-state index in [9.17, 15) is 4.55 Å². The van der Waals surface area contributed by atoms with Gasteiger partial charge in [-0.2, -0.15) is 0 Å². The summed E-state index contributed by atoms with van der Waals surface area (Å²) in [6.45, 7) is 18.0. The molecule has 2 N–H and O–H groups in total. The van der Waals surface area contributed by atoms with Gasteiger partial charge in [0.1, 0.15) is 29.9 Å². The van der Waals surface area contributed by atoms with E-state index in [-0.39, 0.29) is 40.2 Å². The molecule has 2 saturated heterocycles. The second kappa shape index (κ2) is 10.2. The van der Waals surface area contributed by atoms with Crippen LogP contribution in [-0.2, 0) is 28.9 Å². The molecule has 4 atom stereocenters. The van der Waals surface area contributed by atoms with Crippen LogP contribution in [0, 0.1) is 0 Å². The predicted octanol–water partition coefficient (Wildman–Crippen LogP) is 4.39. The Morgan fingerprint density at radius 3 is 2.17 bits per heavy atom. The number of fused-ring (bicyclic) bond motifs is 2. The number of anilines is 1. The fourth-order valence-corrected chi connectivity index (χ4v) is 17.6. The summed E-state index contributed by atoms with van der Waals surface area (Å²) in [5, 5.41) is 5.49. The molecule has 2 aromatic rings. The summed E-state index contributed by atoms with van der Waals surface area (Å²) < 4.78 is 41.9. The second-order valence-corrected chi connectivity index (χ2v) is 21.3. The van der Waals surface area contributed by atoms with Crippen molar-refractivity contribution in [3.05, 3.63) is 6.33 Å². The van der Waals surface area contributed by atoms with E-state index in [1.807, 2.05) is 0 Å². The van der Waals surface area contributed by atoms with Crippen molar-refractivity contribution in [1.29, 1.82) is 0 Å². The maximum Gasteiger partial charge on any atom is 0.335 e. The summed E-state index contributed by atoms with van der Waals surface area (Å²) in [5.41, 5.74) is 7.61. The Kier molecular flexibility index (Phi) is 7.96. The first-order valence-corrected chi connectivity index (χ1v) is 18.3. The molecule has 1 unspecified atom stereocenters. The van der Waals surface area contributed by atoms with Crippen LogP contribution in [0.25, 0.3) is 11.0 Å². The van der Waals surface area contributed by atoms with Crippen LogP contribution in [0.5, 0.6) is 0 Å². The third kappa shape index (κ3) is 4.55. The highest BCUT2D eigenvalue weighted by Crippen LogP contribution is 2.48. The average Bonchev–Trinajstić information content (AvgIpc) is 3.35. The molecule has 2 fully saturated rings. The van der Waals surface area contributed by atoms with Crippen LogP contribution in [0.4, 0.5) is 5.82 Å². The predicted molar refractivity (Wildman–Crippen MR) is 144 cm³/mol. The molecule has 0 aliphatic carbocycles. The van der Waals surface area contributed by atoms with E-state index in [4.69, 9.17) is 23.4 Å². The van der Waals surface area contributed by atoms with E-state index < -0.39 is 34.5 Å². The van der Waals surface area contributed by atoms with Gasteiger partial charge in [0.2, 0.25) is 0 Å². The second-order valence-electron chi connectivity index (χ2n) is 11.2. The van der Waals surface area contributed by atoms with Crippen LogP contribution in [0.2, 0.25) is 22.2 Å². The normalized spacial score (nSPS) is 27.1. The number of rotatable bonds is 6. The zero-order chi connectivity index (χ0) is 26.6. The van der Waals surface area contributed by atoms with Crippen molar-refractivity contribution in [3.8, 4) is 0 Å². The van der Waals surface area contributed by atoms with E-state index in [1.165, 1.54) is 6.33 Å². The zero-order valence-electron chi connectivity index (χ0n) is 22.8. The number of nitrogens with two attached hydrogens (primary N) is 1. The van der Waals surface area contributed by atoms with E-state index >= 15 is 0 Å². The smallest absolute Gasteiger partial charge is 0.335 e. The van der Waals surface area contributed by atoms with Gasteiger partial charge in [-0.1, -0.05) is 55.4 Å². The molecule has 10 nitrogen and oxygen atoms in total. The molecule has 0 spiro atoms. The Labute approximate surface area is 219 Å². The molecule has 4 rings (SSSR count). The van der Waals surface area contributed by atoms with Crippen molar-refractivity contribution < 1.29 is 22.3 Å². The Balaban J connectivity index is 1.76. The van der Waals surface area contributed by atoms with Gasteiger partial charge in [0.25, 0.3) is 5.03 Å². The lowest BCUT2D eigenvalue weighted by Gasteiger charge is -2.51. The van der Waals surface area contributed by atoms with Crippen LogP contribution in [0.3, 0.4) is 0 Å². The fourth-order valence-electron chi connectivity index (χ4n) is 5.65. The van der Waals surface area contributed by atoms with Gasteiger partial charge < -0.3 is 28.0 Å². The molecule has 0 aromatic carbocycles. The van der Waals surface area contributed by atoms with Gasteiger partial charge in [0.05, 0.1) is 12.7 Å². The quantitative estimate of drug-likeness (QED) is 0.407. The van der Waals surface area contributed by atoms with Crippen LogP contribution < -0.4 is 5.73 Å². The van der Waals surface area contributed by atoms with Crippen LogP contribution in [0.15, 0.2) is 11.4 Å². The lowest BCUT2D eigenvalue weighted by atomic mass is 10.2. The van der Waals surface area contributed by atoms with Gasteiger partial charge in [-0.25, -0.2) is 14.6 Å². The first-order chi connectivity index (χ1) is 16.8. The lowest BCUT2D eigenvalue weighted by Crippen LogP contribution is -2.65. The van der Waals surface area contributed by atoms with E-state index in [0.29, 0.717) is 29.1 Å². The molecular weight excluding hydrogens is 515 g/mol. The van der Waals surface area contributed by atoms with Gasteiger partial charge in [0.15, 0.2) is 11.9 Å². The molecule has 2 aliphatic heterocycles. The lowest BCUT2D eigenvalue weighted by molar-refractivity contribution is -0.0577. The molecule has 2 aliphatic rings. The van der Waals surface area contributed by atoms with Crippen LogP contribution >= 0.6 is 0 Å². The molecule has 13 heteroatoms. The standard InChI is InChI=1S/C23H41N5O5SSi2/c1-13(2)35(14(3)4)30-11-18-17(32-36(33-35,15(5)6)16(7)8)10-19(31-18)28-22-20(21(24)25-12-26-22)23(27-28)34(9)29/h12-19H,10-11H2,1-9H3,(H2,24,25,26)/t17-,18-,19+,34?/m0/s1. The molecular formula is C23H41N5O5SSi2. The summed E-state index contributed by atoms with van der Waals surface area (Å²) in [6.07, 6.45) is 2.57. The minimum Gasteiger partial charge on any atom is -0.610 e. The highest BCUT2D eigenvalue weighted by molar-refractivity contribution is 7.90. The Bertz CT molecular complexity index is 1070. The molecule has 0 saturated carbocycles. The molecule has 0 bridgehead atoms. The maximum absolute atomic E-state index is 12.4. The van der Waals surface area contributed by atoms with Crippen molar-refractivity contribution in [2.75, 3.05) is 18.6 Å². The molecule has 36 heavy (non-hydrogen) atoms. The van der Waals surface area contributed by atoms with Crippen molar-refractivity contribution >= 4 is 45.1 Å². The van der Waals surface area contributed by atoms with Crippen molar-refractivity contribution in [2.24, 2.45) is 0 Å².